The van der Waals surface area contributed by atoms with E-state index in [1.165, 1.54) is 0 Å². The standard InChI is InChI=1S/C15H21N3O/c1-11(5-3-7-16)18-14-10-13(19-2)9-12-6-4-8-17-15(12)14/h4,6,8-11,18H,3,5,7,16H2,1-2H3/i1D3,2D3,4D,6D,8D,9D,11D. The zero-order valence-electron chi connectivity index (χ0n) is 21.1. The van der Waals surface area contributed by atoms with Crippen LogP contribution in [0.2, 0.25) is 0 Å². The summed E-state index contributed by atoms with van der Waals surface area (Å²) in [4.78, 5) is 3.87. The highest BCUT2D eigenvalue weighted by Crippen LogP contribution is 2.28. The van der Waals surface area contributed by atoms with Crippen LogP contribution in [0, 0.1) is 0 Å². The number of benzene rings is 1. The van der Waals surface area contributed by atoms with E-state index in [1.54, 1.807) is 0 Å². The molecule has 4 heteroatoms. The van der Waals surface area contributed by atoms with Gasteiger partial charge in [0.05, 0.1) is 29.2 Å². The maximum absolute atomic E-state index is 8.46. The second-order valence-corrected chi connectivity index (χ2v) is 3.84. The molecule has 1 unspecified atom stereocenters. The Kier molecular flexibility index (Phi) is 1.78. The van der Waals surface area contributed by atoms with Crippen LogP contribution < -0.4 is 15.8 Å². The quantitative estimate of drug-likeness (QED) is 0.847. The first kappa shape index (κ1) is 5.29. The molecule has 0 saturated heterocycles. The summed E-state index contributed by atoms with van der Waals surface area (Å²) in [6, 6.07) is -2.97. The van der Waals surface area contributed by atoms with E-state index >= 15 is 0 Å². The van der Waals surface area contributed by atoms with Crippen molar-refractivity contribution in [2.75, 3.05) is 18.9 Å². The van der Waals surface area contributed by atoms with Crippen LogP contribution in [0.15, 0.2) is 30.4 Å². The van der Waals surface area contributed by atoms with Gasteiger partial charge in [0.25, 0.3) is 0 Å². The van der Waals surface area contributed by atoms with Crippen molar-refractivity contribution in [1.82, 2.24) is 4.98 Å². The van der Waals surface area contributed by atoms with Gasteiger partial charge in [0.2, 0.25) is 0 Å². The second-order valence-electron chi connectivity index (χ2n) is 3.84. The topological polar surface area (TPSA) is 60.2 Å². The predicted molar refractivity (Wildman–Crippen MR) is 79.7 cm³/mol. The van der Waals surface area contributed by atoms with E-state index < -0.39 is 50.0 Å². The summed E-state index contributed by atoms with van der Waals surface area (Å²) in [7, 11) is -2.95. The van der Waals surface area contributed by atoms with Crippen LogP contribution >= 0.6 is 0 Å². The molecule has 1 aromatic heterocycles. The third kappa shape index (κ3) is 3.35. The Morgan fingerprint density at radius 2 is 2.63 bits per heavy atom. The van der Waals surface area contributed by atoms with Crippen LogP contribution in [0.25, 0.3) is 10.9 Å². The summed E-state index contributed by atoms with van der Waals surface area (Å²) in [6.45, 7) is -2.70. The minimum Gasteiger partial charge on any atom is -0.497 e. The monoisotopic (exact) mass is 270 g/mol. The number of methoxy groups -OCH3 is 1. The van der Waals surface area contributed by atoms with Crippen LogP contribution in [0.1, 0.15) is 34.8 Å². The summed E-state index contributed by atoms with van der Waals surface area (Å²) in [5, 5.41) is 2.21. The first-order valence-corrected chi connectivity index (χ1v) is 5.69. The van der Waals surface area contributed by atoms with Gasteiger partial charge in [-0.3, -0.25) is 4.98 Å². The molecule has 0 aliphatic rings. The largest absolute Gasteiger partial charge is 0.497 e. The summed E-state index contributed by atoms with van der Waals surface area (Å²) >= 11 is 0. The number of hydrogen-bond donors (Lipinski definition) is 2. The molecule has 0 bridgehead atoms. The second kappa shape index (κ2) is 6.38. The van der Waals surface area contributed by atoms with Crippen LogP contribution in [0.4, 0.5) is 5.69 Å². The average molecular weight is 270 g/mol. The van der Waals surface area contributed by atoms with Crippen molar-refractivity contribution in [1.29, 1.82) is 0 Å². The molecule has 0 radical (unpaired) electrons. The highest BCUT2D eigenvalue weighted by atomic mass is 16.5. The molecular formula is C15H21N3O. The van der Waals surface area contributed by atoms with Crippen molar-refractivity contribution in [2.45, 2.75) is 25.7 Å². The molecule has 0 spiro atoms. The van der Waals surface area contributed by atoms with Crippen LogP contribution in [0.3, 0.4) is 0 Å². The number of nitrogens with one attached hydrogen (secondary N) is 1. The summed E-state index contributed by atoms with van der Waals surface area (Å²) in [5.74, 6) is -0.510. The molecule has 0 fully saturated rings. The number of fused-ring (bicyclic) bond motifs is 1. The van der Waals surface area contributed by atoms with Gasteiger partial charge in [-0.1, -0.05) is 6.04 Å². The normalized spacial score (nSPS) is 23.7. The molecule has 3 N–H and O–H groups in total. The van der Waals surface area contributed by atoms with Gasteiger partial charge in [0.15, 0.2) is 0 Å². The number of aromatic nitrogens is 1. The predicted octanol–water partition coefficient (Wildman–Crippen LogP) is 2.78. The molecule has 1 heterocycles. The number of nitrogens with two attached hydrogens (primary N) is 1. The van der Waals surface area contributed by atoms with Crippen molar-refractivity contribution < 1.29 is 19.8 Å². The number of anilines is 1. The van der Waals surface area contributed by atoms with Crippen molar-refractivity contribution in [3.8, 4) is 5.75 Å². The maximum Gasteiger partial charge on any atom is 0.121 e. The molecule has 0 saturated carbocycles. The van der Waals surface area contributed by atoms with E-state index in [9.17, 15) is 0 Å². The van der Waals surface area contributed by atoms with Crippen molar-refractivity contribution in [2.24, 2.45) is 5.73 Å². The third-order valence-electron chi connectivity index (χ3n) is 2.45. The van der Waals surface area contributed by atoms with E-state index in [-0.39, 0.29) is 36.0 Å². The van der Waals surface area contributed by atoms with Gasteiger partial charge in [-0.15, -0.1) is 0 Å². The van der Waals surface area contributed by atoms with Gasteiger partial charge in [0, 0.05) is 27.8 Å². The van der Waals surface area contributed by atoms with Gasteiger partial charge < -0.3 is 15.8 Å². The zero-order valence-corrected chi connectivity index (χ0v) is 10.1. The Labute approximate surface area is 129 Å². The fourth-order valence-corrected chi connectivity index (χ4v) is 1.59. The Morgan fingerprint density at radius 1 is 1.68 bits per heavy atom. The Balaban J connectivity index is 2.81. The van der Waals surface area contributed by atoms with Gasteiger partial charge in [-0.2, -0.15) is 0 Å². The number of nitrogens with zero attached hydrogens (tertiary/aromatic N) is 1. The van der Waals surface area contributed by atoms with Crippen LogP contribution in [-0.2, 0) is 0 Å². The number of hydrogen-bond acceptors (Lipinski definition) is 4. The number of pyridine rings is 1. The number of ether oxygens (including phenoxy) is 1. The lowest BCUT2D eigenvalue weighted by molar-refractivity contribution is 0.415. The summed E-state index contributed by atoms with van der Waals surface area (Å²) in [6.07, 6.45) is -0.595. The molecule has 2 aromatic rings. The lowest BCUT2D eigenvalue weighted by atomic mass is 10.1. The minimum absolute atomic E-state index is 0.131. The van der Waals surface area contributed by atoms with Crippen molar-refractivity contribution in [3.63, 3.8) is 0 Å². The highest BCUT2D eigenvalue weighted by Gasteiger charge is 2.08. The SMILES string of the molecule is [2H]c1nc2c(NC([2H])(CCCN)C([2H])([2H])[2H])cc(OC([2H])([2H])[2H])c([2H])c2c([2H])c1[2H]. The fraction of sp³-hybridized carbons (Fsp3) is 0.400. The smallest absolute Gasteiger partial charge is 0.121 e. The Morgan fingerprint density at radius 3 is 3.42 bits per heavy atom. The lowest BCUT2D eigenvalue weighted by Crippen LogP contribution is -2.17. The van der Waals surface area contributed by atoms with Gasteiger partial charge in [0.1, 0.15) is 5.75 Å². The third-order valence-corrected chi connectivity index (χ3v) is 2.45. The van der Waals surface area contributed by atoms with E-state index in [2.05, 4.69) is 10.3 Å². The highest BCUT2D eigenvalue weighted by molar-refractivity contribution is 5.91. The van der Waals surface area contributed by atoms with Crippen LogP contribution in [-0.4, -0.2) is 24.6 Å². The van der Waals surface area contributed by atoms with E-state index in [4.69, 9.17) is 25.5 Å². The van der Waals surface area contributed by atoms with E-state index in [1.807, 2.05) is 0 Å². The van der Waals surface area contributed by atoms with Gasteiger partial charge >= 0.3 is 0 Å². The maximum atomic E-state index is 8.46. The first-order valence-electron chi connectivity index (χ1n) is 11.2. The molecular weight excluding hydrogens is 238 g/mol. The minimum atomic E-state index is -2.95. The molecule has 0 amide bonds. The molecule has 2 rings (SSSR count). The van der Waals surface area contributed by atoms with Gasteiger partial charge in [-0.05, 0) is 38.3 Å². The molecule has 1 aromatic carbocycles. The zero-order chi connectivity index (χ0) is 23.1. The Hall–Kier alpha value is -1.81. The van der Waals surface area contributed by atoms with E-state index in [0.29, 0.717) is 0 Å². The summed E-state index contributed by atoms with van der Waals surface area (Å²) in [5.41, 5.74) is 5.03. The molecule has 0 aliphatic carbocycles. The van der Waals surface area contributed by atoms with Gasteiger partial charge in [-0.25, -0.2) is 0 Å². The molecule has 1 atom stereocenters. The molecule has 19 heavy (non-hydrogen) atoms. The van der Waals surface area contributed by atoms with Crippen molar-refractivity contribution in [3.05, 3.63) is 30.4 Å². The lowest BCUT2D eigenvalue weighted by Gasteiger charge is -2.17. The Bertz CT molecular complexity index is 945. The molecule has 102 valence electrons. The fourth-order valence-electron chi connectivity index (χ4n) is 1.59. The van der Waals surface area contributed by atoms with Crippen molar-refractivity contribution >= 4 is 16.6 Å². The average Bonchev–Trinajstić information content (AvgIpc) is 2.59. The molecule has 4 nitrogen and oxygen atoms in total. The molecule has 0 aliphatic heterocycles. The summed E-state index contributed by atoms with van der Waals surface area (Å²) < 4.78 is 90.2. The van der Waals surface area contributed by atoms with E-state index in [0.717, 1.165) is 6.07 Å². The van der Waals surface area contributed by atoms with Crippen LogP contribution in [0.5, 0.6) is 5.75 Å². The first-order chi connectivity index (χ1) is 13.6. The number of rotatable bonds is 6.